The lowest BCUT2D eigenvalue weighted by molar-refractivity contribution is 0.415. The van der Waals surface area contributed by atoms with Crippen molar-refractivity contribution in [3.8, 4) is 5.75 Å². The first-order chi connectivity index (χ1) is 18.7. The summed E-state index contributed by atoms with van der Waals surface area (Å²) >= 11 is 8.07. The molecule has 190 valence electrons. The molecule has 0 aliphatic heterocycles. The highest BCUT2D eigenvalue weighted by Crippen LogP contribution is 2.41. The topological polar surface area (TPSA) is 21.3 Å². The standard InChI is InChI=1S/C26H24ClNO.C8H6S/c1-29-26-14-9-17(15-24(26)27)16-28-25-8-4-7-20-22-11-10-18-5-2-3-6-19(18)21(22)12-13-23(20)25;1-2-4-8-7(3-1)5-6-9-8/h3-4,6-9,12-15,28H,2,5,10-11,16H2,1H3;1-6H. The molecule has 0 amide bonds. The minimum Gasteiger partial charge on any atom is -0.495 e. The van der Waals surface area contributed by atoms with Gasteiger partial charge >= 0.3 is 0 Å². The van der Waals surface area contributed by atoms with E-state index < -0.39 is 0 Å². The van der Waals surface area contributed by atoms with E-state index in [1.54, 1.807) is 24.0 Å². The van der Waals surface area contributed by atoms with Crippen LogP contribution in [0.3, 0.4) is 0 Å². The van der Waals surface area contributed by atoms with Gasteiger partial charge in [0, 0.05) is 22.3 Å². The number of aryl methyl sites for hydroxylation is 1. The first-order valence-corrected chi connectivity index (χ1v) is 14.4. The zero-order valence-corrected chi connectivity index (χ0v) is 23.0. The Hall–Kier alpha value is -3.53. The molecule has 2 aliphatic carbocycles. The average Bonchev–Trinajstić information content (AvgIpc) is 3.45. The zero-order valence-electron chi connectivity index (χ0n) is 21.5. The largest absolute Gasteiger partial charge is 0.495 e. The van der Waals surface area contributed by atoms with Crippen LogP contribution in [0, 0.1) is 0 Å². The number of thiophene rings is 1. The van der Waals surface area contributed by atoms with Crippen molar-refractivity contribution >= 4 is 55.1 Å². The number of methoxy groups -OCH3 is 1. The molecule has 0 saturated carbocycles. The second-order valence-corrected chi connectivity index (χ2v) is 11.1. The minimum absolute atomic E-state index is 0.642. The summed E-state index contributed by atoms with van der Waals surface area (Å²) in [7, 11) is 1.64. The summed E-state index contributed by atoms with van der Waals surface area (Å²) in [5, 5.41) is 10.4. The van der Waals surface area contributed by atoms with Gasteiger partial charge in [-0.15, -0.1) is 11.3 Å². The lowest BCUT2D eigenvalue weighted by atomic mass is 9.79. The van der Waals surface area contributed by atoms with Gasteiger partial charge in [-0.1, -0.05) is 77.9 Å². The van der Waals surface area contributed by atoms with Gasteiger partial charge in [0.25, 0.3) is 0 Å². The molecule has 2 nitrogen and oxygen atoms in total. The van der Waals surface area contributed by atoms with Crippen LogP contribution < -0.4 is 10.1 Å². The molecule has 4 heteroatoms. The third-order valence-electron chi connectivity index (χ3n) is 7.48. The van der Waals surface area contributed by atoms with Crippen LogP contribution in [0.25, 0.3) is 26.4 Å². The number of halogens is 1. The molecule has 4 aromatic carbocycles. The third kappa shape index (κ3) is 4.97. The molecule has 1 heterocycles. The number of hydrogen-bond acceptors (Lipinski definition) is 3. The van der Waals surface area contributed by atoms with E-state index in [1.807, 2.05) is 18.2 Å². The summed E-state index contributed by atoms with van der Waals surface area (Å²) in [5.41, 5.74) is 8.30. The molecule has 0 radical (unpaired) electrons. The highest BCUT2D eigenvalue weighted by Gasteiger charge is 2.21. The molecule has 7 rings (SSSR count). The Bertz CT molecular complexity index is 1650. The molecule has 0 unspecified atom stereocenters. The van der Waals surface area contributed by atoms with Crippen molar-refractivity contribution in [1.82, 2.24) is 0 Å². The lowest BCUT2D eigenvalue weighted by Crippen LogP contribution is -2.07. The summed E-state index contributed by atoms with van der Waals surface area (Å²) < 4.78 is 6.62. The van der Waals surface area contributed by atoms with E-state index in [2.05, 4.69) is 83.5 Å². The molecule has 0 spiro atoms. The molecule has 1 N–H and O–H groups in total. The first-order valence-electron chi connectivity index (χ1n) is 13.1. The van der Waals surface area contributed by atoms with Crippen LogP contribution in [-0.4, -0.2) is 7.11 Å². The summed E-state index contributed by atoms with van der Waals surface area (Å²) in [5.74, 6) is 0.706. The molecule has 0 fully saturated rings. The molecule has 5 aromatic rings. The Morgan fingerprint density at radius 2 is 1.82 bits per heavy atom. The molecule has 38 heavy (non-hydrogen) atoms. The van der Waals surface area contributed by atoms with Crippen molar-refractivity contribution in [2.24, 2.45) is 0 Å². The van der Waals surface area contributed by atoms with Gasteiger partial charge in [-0.05, 0) is 94.4 Å². The number of benzene rings is 4. The first kappa shape index (κ1) is 24.8. The van der Waals surface area contributed by atoms with Crippen LogP contribution >= 0.6 is 22.9 Å². The van der Waals surface area contributed by atoms with Crippen molar-refractivity contribution in [3.63, 3.8) is 0 Å². The van der Waals surface area contributed by atoms with E-state index in [9.17, 15) is 0 Å². The molecule has 2 aliphatic rings. The molecule has 1 aromatic heterocycles. The Kier molecular flexibility index (Phi) is 7.22. The monoisotopic (exact) mass is 535 g/mol. The molecule has 0 atom stereocenters. The van der Waals surface area contributed by atoms with E-state index in [1.165, 1.54) is 56.8 Å². The molecule has 0 bridgehead atoms. The number of allylic oxidation sites excluding steroid dienone is 4. The summed E-state index contributed by atoms with van der Waals surface area (Å²) in [6.45, 7) is 0.720. The predicted octanol–water partition coefficient (Wildman–Crippen LogP) is 10.1. The summed E-state index contributed by atoms with van der Waals surface area (Å²) in [6, 6.07) is 27.6. The van der Waals surface area contributed by atoms with E-state index in [-0.39, 0.29) is 0 Å². The van der Waals surface area contributed by atoms with Crippen molar-refractivity contribution < 1.29 is 4.74 Å². The molecular formula is C34H30ClNOS. The smallest absolute Gasteiger partial charge is 0.137 e. The van der Waals surface area contributed by atoms with E-state index in [0.717, 1.165) is 24.2 Å². The zero-order chi connectivity index (χ0) is 25.9. The predicted molar refractivity (Wildman–Crippen MR) is 165 cm³/mol. The van der Waals surface area contributed by atoms with Gasteiger partial charge in [0.1, 0.15) is 5.75 Å². The van der Waals surface area contributed by atoms with Crippen LogP contribution in [0.4, 0.5) is 5.69 Å². The maximum absolute atomic E-state index is 6.28. The number of nitrogens with one attached hydrogen (secondary N) is 1. The quantitative estimate of drug-likeness (QED) is 0.247. The molecular weight excluding hydrogens is 506 g/mol. The number of ether oxygens (including phenoxy) is 1. The number of hydrogen-bond donors (Lipinski definition) is 1. The Morgan fingerprint density at radius 3 is 2.68 bits per heavy atom. The van der Waals surface area contributed by atoms with Gasteiger partial charge in [-0.25, -0.2) is 0 Å². The Labute approximate surface area is 233 Å². The van der Waals surface area contributed by atoms with Crippen molar-refractivity contribution in [2.75, 3.05) is 12.4 Å². The van der Waals surface area contributed by atoms with Crippen molar-refractivity contribution in [1.29, 1.82) is 0 Å². The highest BCUT2D eigenvalue weighted by atomic mass is 35.5. The van der Waals surface area contributed by atoms with E-state index >= 15 is 0 Å². The van der Waals surface area contributed by atoms with Gasteiger partial charge in [0.05, 0.1) is 12.1 Å². The highest BCUT2D eigenvalue weighted by molar-refractivity contribution is 7.17. The normalized spacial score (nSPS) is 14.1. The fraction of sp³-hybridized carbons (Fsp3) is 0.176. The Morgan fingerprint density at radius 1 is 0.895 bits per heavy atom. The Balaban J connectivity index is 0.000000246. The van der Waals surface area contributed by atoms with Crippen molar-refractivity contribution in [3.05, 3.63) is 124 Å². The molecule has 0 saturated heterocycles. The van der Waals surface area contributed by atoms with Crippen LogP contribution in [0.15, 0.2) is 102 Å². The SMILES string of the molecule is COc1ccc(CNc2cccc3c4c(ccc23)C2=C(CCC=C2)CC4)cc1Cl.c1ccc2sccc2c1. The third-order valence-corrected chi connectivity index (χ3v) is 8.67. The van der Waals surface area contributed by atoms with Gasteiger partial charge in [0.2, 0.25) is 0 Å². The van der Waals surface area contributed by atoms with Gasteiger partial charge < -0.3 is 10.1 Å². The van der Waals surface area contributed by atoms with Gasteiger partial charge in [0.15, 0.2) is 0 Å². The van der Waals surface area contributed by atoms with Crippen molar-refractivity contribution in [2.45, 2.75) is 32.2 Å². The maximum Gasteiger partial charge on any atom is 0.137 e. The number of rotatable bonds is 4. The fourth-order valence-corrected chi connectivity index (χ4v) is 6.62. The second kappa shape index (κ2) is 11.1. The average molecular weight is 536 g/mol. The number of anilines is 1. The minimum atomic E-state index is 0.642. The van der Waals surface area contributed by atoms with Crippen LogP contribution in [0.2, 0.25) is 5.02 Å². The van der Waals surface area contributed by atoms with Crippen LogP contribution in [0.5, 0.6) is 5.75 Å². The maximum atomic E-state index is 6.28. The lowest BCUT2D eigenvalue weighted by Gasteiger charge is -2.26. The van der Waals surface area contributed by atoms with Crippen LogP contribution in [0.1, 0.15) is 36.0 Å². The summed E-state index contributed by atoms with van der Waals surface area (Å²) in [4.78, 5) is 0. The van der Waals surface area contributed by atoms with E-state index in [4.69, 9.17) is 16.3 Å². The van der Waals surface area contributed by atoms with Crippen LogP contribution in [-0.2, 0) is 13.0 Å². The summed E-state index contributed by atoms with van der Waals surface area (Å²) in [6.07, 6.45) is 9.37. The second-order valence-electron chi connectivity index (χ2n) is 9.73. The van der Waals surface area contributed by atoms with Gasteiger partial charge in [-0.2, -0.15) is 0 Å². The fourth-order valence-electron chi connectivity index (χ4n) is 5.55. The van der Waals surface area contributed by atoms with E-state index in [0.29, 0.717) is 10.8 Å². The van der Waals surface area contributed by atoms with Gasteiger partial charge in [-0.3, -0.25) is 0 Å². The number of fused-ring (bicyclic) bond motifs is 5.